The van der Waals surface area contributed by atoms with Gasteiger partial charge in [-0.15, -0.1) is 11.3 Å². The van der Waals surface area contributed by atoms with E-state index < -0.39 is 0 Å². The average Bonchev–Trinajstić information content (AvgIpc) is 3.29. The molecule has 1 aromatic carbocycles. The lowest BCUT2D eigenvalue weighted by Gasteiger charge is -2.06. The molecular weight excluding hydrogens is 340 g/mol. The predicted octanol–water partition coefficient (Wildman–Crippen LogP) is 3.05. The third-order valence-corrected chi connectivity index (χ3v) is 5.45. The van der Waals surface area contributed by atoms with Gasteiger partial charge in [0.25, 0.3) is 5.91 Å². The van der Waals surface area contributed by atoms with Crippen LogP contribution in [0.3, 0.4) is 0 Å². The largest absolute Gasteiger partial charge is 0.351 e. The Morgan fingerprint density at radius 3 is 2.83 bits per heavy atom. The minimum absolute atomic E-state index is 0.0287. The molecule has 0 atom stereocenters. The summed E-state index contributed by atoms with van der Waals surface area (Å²) in [6.07, 6.45) is 3.19. The molecule has 24 heavy (non-hydrogen) atoms. The number of thiophene rings is 1. The molecule has 0 saturated heterocycles. The molecule has 3 aromatic rings. The number of hydrogen-bond acceptors (Lipinski definition) is 5. The number of nitrogens with zero attached hydrogens (tertiary/aromatic N) is 3. The third-order valence-electron chi connectivity index (χ3n) is 3.38. The molecule has 0 radical (unpaired) electrons. The highest BCUT2D eigenvalue weighted by molar-refractivity contribution is 7.98. The highest BCUT2D eigenvalue weighted by atomic mass is 32.2. The maximum absolute atomic E-state index is 12.1. The molecule has 0 spiro atoms. The lowest BCUT2D eigenvalue weighted by atomic mass is 10.1. The van der Waals surface area contributed by atoms with Crippen LogP contribution in [0.5, 0.6) is 0 Å². The summed E-state index contributed by atoms with van der Waals surface area (Å²) in [5.41, 5.74) is 1.77. The van der Waals surface area contributed by atoms with Crippen molar-refractivity contribution < 1.29 is 4.79 Å². The van der Waals surface area contributed by atoms with Crippen molar-refractivity contribution in [1.29, 1.82) is 0 Å². The monoisotopic (exact) mass is 358 g/mol. The number of aromatic nitrogens is 3. The molecule has 5 nitrogen and oxygen atoms in total. The smallest absolute Gasteiger partial charge is 0.251 e. The van der Waals surface area contributed by atoms with Crippen molar-refractivity contribution in [2.45, 2.75) is 12.3 Å². The first-order chi connectivity index (χ1) is 11.8. The maximum atomic E-state index is 12.1. The second kappa shape index (κ2) is 8.65. The number of thioether (sulfide) groups is 1. The summed E-state index contributed by atoms with van der Waals surface area (Å²) < 4.78 is 1.75. The number of carbonyl (C=O) groups excluding carboxylic acids is 1. The highest BCUT2D eigenvalue weighted by Crippen LogP contribution is 2.16. The Balaban J connectivity index is 1.40. The Hall–Kier alpha value is -2.12. The van der Waals surface area contributed by atoms with Crippen LogP contribution in [0, 0.1) is 0 Å². The lowest BCUT2D eigenvalue weighted by molar-refractivity contribution is 0.0956. The molecule has 0 unspecified atom stereocenters. The number of benzene rings is 1. The van der Waals surface area contributed by atoms with E-state index in [9.17, 15) is 4.79 Å². The minimum Gasteiger partial charge on any atom is -0.351 e. The highest BCUT2D eigenvalue weighted by Gasteiger charge is 2.05. The molecule has 124 valence electrons. The molecule has 7 heteroatoms. The SMILES string of the molecule is O=C(NCCSCc1cccs1)c1ccc(Cn2cncn2)cc1. The predicted molar refractivity (Wildman–Crippen MR) is 98.4 cm³/mol. The quantitative estimate of drug-likeness (QED) is 0.629. The second-order valence-electron chi connectivity index (χ2n) is 5.18. The summed E-state index contributed by atoms with van der Waals surface area (Å²) in [6.45, 7) is 1.33. The van der Waals surface area contributed by atoms with E-state index >= 15 is 0 Å². The summed E-state index contributed by atoms with van der Waals surface area (Å²) in [5.74, 6) is 1.89. The first kappa shape index (κ1) is 16.7. The van der Waals surface area contributed by atoms with E-state index in [1.165, 1.54) is 11.2 Å². The molecule has 3 rings (SSSR count). The van der Waals surface area contributed by atoms with Gasteiger partial charge in [0.2, 0.25) is 0 Å². The summed E-state index contributed by atoms with van der Waals surface area (Å²) in [4.78, 5) is 17.4. The van der Waals surface area contributed by atoms with Crippen molar-refractivity contribution in [1.82, 2.24) is 20.1 Å². The number of amides is 1. The lowest BCUT2D eigenvalue weighted by Crippen LogP contribution is -2.25. The standard InChI is InChI=1S/C17H18N4OS2/c22-17(19-7-9-23-11-16-2-1-8-24-16)15-5-3-14(4-6-15)10-21-13-18-12-20-21/h1-6,8,12-13H,7,9-11H2,(H,19,22). The normalized spacial score (nSPS) is 10.7. The van der Waals surface area contributed by atoms with E-state index in [0.717, 1.165) is 17.1 Å². The Morgan fingerprint density at radius 1 is 1.25 bits per heavy atom. The van der Waals surface area contributed by atoms with Gasteiger partial charge in [0.15, 0.2) is 0 Å². The molecule has 0 aliphatic carbocycles. The molecule has 0 aliphatic rings. The van der Waals surface area contributed by atoms with E-state index in [0.29, 0.717) is 18.7 Å². The van der Waals surface area contributed by atoms with E-state index in [1.54, 1.807) is 22.3 Å². The van der Waals surface area contributed by atoms with Crippen LogP contribution in [0.1, 0.15) is 20.8 Å². The van der Waals surface area contributed by atoms with E-state index in [4.69, 9.17) is 0 Å². The van der Waals surface area contributed by atoms with Crippen LogP contribution in [-0.4, -0.2) is 33.0 Å². The second-order valence-corrected chi connectivity index (χ2v) is 7.32. The van der Waals surface area contributed by atoms with Crippen LogP contribution in [0.2, 0.25) is 0 Å². The fourth-order valence-corrected chi connectivity index (χ4v) is 3.87. The third kappa shape index (κ3) is 4.94. The molecule has 0 saturated carbocycles. The van der Waals surface area contributed by atoms with Crippen molar-refractivity contribution in [3.8, 4) is 0 Å². The van der Waals surface area contributed by atoms with Crippen molar-refractivity contribution in [2.24, 2.45) is 0 Å². The molecule has 1 N–H and O–H groups in total. The Bertz CT molecular complexity index is 740. The van der Waals surface area contributed by atoms with E-state index in [1.807, 2.05) is 36.0 Å². The fourth-order valence-electron chi connectivity index (χ4n) is 2.17. The van der Waals surface area contributed by atoms with Gasteiger partial charge in [-0.2, -0.15) is 16.9 Å². The van der Waals surface area contributed by atoms with Crippen LogP contribution >= 0.6 is 23.1 Å². The van der Waals surface area contributed by atoms with Gasteiger partial charge in [-0.3, -0.25) is 4.79 Å². The van der Waals surface area contributed by atoms with Crippen molar-refractivity contribution in [3.05, 3.63) is 70.4 Å². The van der Waals surface area contributed by atoms with Gasteiger partial charge in [0, 0.05) is 28.5 Å². The fraction of sp³-hybridized carbons (Fsp3) is 0.235. The van der Waals surface area contributed by atoms with Crippen molar-refractivity contribution in [2.75, 3.05) is 12.3 Å². The molecule has 1 amide bonds. The zero-order valence-electron chi connectivity index (χ0n) is 13.1. The molecular formula is C17H18N4OS2. The molecule has 2 aromatic heterocycles. The molecule has 0 fully saturated rings. The van der Waals surface area contributed by atoms with Gasteiger partial charge < -0.3 is 5.32 Å². The van der Waals surface area contributed by atoms with Crippen LogP contribution in [0.25, 0.3) is 0 Å². The van der Waals surface area contributed by atoms with E-state index in [2.05, 4.69) is 32.9 Å². The zero-order valence-corrected chi connectivity index (χ0v) is 14.7. The van der Waals surface area contributed by atoms with E-state index in [-0.39, 0.29) is 5.91 Å². The van der Waals surface area contributed by atoms with Gasteiger partial charge in [-0.05, 0) is 29.1 Å². The molecule has 2 heterocycles. The number of rotatable bonds is 8. The Labute approximate surface area is 149 Å². The van der Waals surface area contributed by atoms with Crippen LogP contribution in [-0.2, 0) is 12.3 Å². The van der Waals surface area contributed by atoms with Gasteiger partial charge in [-0.25, -0.2) is 9.67 Å². The van der Waals surface area contributed by atoms with Crippen LogP contribution < -0.4 is 5.32 Å². The molecule has 0 bridgehead atoms. The Morgan fingerprint density at radius 2 is 2.12 bits per heavy atom. The zero-order chi connectivity index (χ0) is 16.6. The van der Waals surface area contributed by atoms with Crippen LogP contribution in [0.15, 0.2) is 54.4 Å². The average molecular weight is 358 g/mol. The summed E-state index contributed by atoms with van der Waals surface area (Å²) in [7, 11) is 0. The Kier molecular flexibility index (Phi) is 6.03. The first-order valence-electron chi connectivity index (χ1n) is 7.61. The van der Waals surface area contributed by atoms with Crippen LogP contribution in [0.4, 0.5) is 0 Å². The minimum atomic E-state index is -0.0287. The summed E-state index contributed by atoms with van der Waals surface area (Å²) in [5, 5.41) is 9.12. The van der Waals surface area contributed by atoms with Gasteiger partial charge in [-0.1, -0.05) is 18.2 Å². The number of hydrogen-bond donors (Lipinski definition) is 1. The number of nitrogens with one attached hydrogen (secondary N) is 1. The van der Waals surface area contributed by atoms with Gasteiger partial charge >= 0.3 is 0 Å². The maximum Gasteiger partial charge on any atom is 0.251 e. The topological polar surface area (TPSA) is 59.8 Å². The first-order valence-corrected chi connectivity index (χ1v) is 9.64. The van der Waals surface area contributed by atoms with Crippen molar-refractivity contribution >= 4 is 29.0 Å². The summed E-state index contributed by atoms with van der Waals surface area (Å²) in [6, 6.07) is 11.8. The van der Waals surface area contributed by atoms with Gasteiger partial charge in [0.05, 0.1) is 6.54 Å². The van der Waals surface area contributed by atoms with Crippen molar-refractivity contribution in [3.63, 3.8) is 0 Å². The molecule has 0 aliphatic heterocycles. The number of carbonyl (C=O) groups is 1. The van der Waals surface area contributed by atoms with Gasteiger partial charge in [0.1, 0.15) is 12.7 Å². The summed E-state index contributed by atoms with van der Waals surface area (Å²) >= 11 is 3.60.